The highest BCUT2D eigenvalue weighted by Crippen LogP contribution is 2.46. The first kappa shape index (κ1) is 25.4. The Morgan fingerprint density at radius 3 is 1.42 bits per heavy atom. The van der Waals surface area contributed by atoms with Gasteiger partial charge in [-0.05, 0) is 74.2 Å². The SMILES string of the molecule is CC(=O)c1ccc2c(c1)[C@@H]1C=CC[C@@H]1[C@H](C(=O)O)N2.CC(=O)c1ccc2c(c1)[C@H]1C=CC[C@H]1[C@@H](C(=O)O)N2. The van der Waals surface area contributed by atoms with E-state index in [-0.39, 0.29) is 35.2 Å². The molecule has 2 aromatic carbocycles. The molecule has 4 aliphatic rings. The van der Waals surface area contributed by atoms with Crippen molar-refractivity contribution in [3.63, 3.8) is 0 Å². The molecule has 38 heavy (non-hydrogen) atoms. The summed E-state index contributed by atoms with van der Waals surface area (Å²) in [6.45, 7) is 3.08. The molecule has 6 rings (SSSR count). The van der Waals surface area contributed by atoms with Crippen molar-refractivity contribution in [1.29, 1.82) is 0 Å². The first-order valence-electron chi connectivity index (χ1n) is 12.8. The van der Waals surface area contributed by atoms with Gasteiger partial charge in [0, 0.05) is 46.2 Å². The number of Topliss-reactive ketones (excluding diaryl/α,β-unsaturated/α-hetero) is 2. The zero-order valence-electron chi connectivity index (χ0n) is 21.2. The van der Waals surface area contributed by atoms with Crippen molar-refractivity contribution in [1.82, 2.24) is 0 Å². The number of rotatable bonds is 4. The average molecular weight is 515 g/mol. The van der Waals surface area contributed by atoms with Crippen LogP contribution in [0.4, 0.5) is 11.4 Å². The summed E-state index contributed by atoms with van der Waals surface area (Å²) in [6.07, 6.45) is 9.70. The number of carbonyl (C=O) groups is 4. The van der Waals surface area contributed by atoms with Crippen molar-refractivity contribution in [3.8, 4) is 0 Å². The number of benzene rings is 2. The molecule has 0 amide bonds. The second kappa shape index (κ2) is 9.93. The number of carboxylic acids is 2. The number of ketones is 2. The summed E-state index contributed by atoms with van der Waals surface area (Å²) in [6, 6.07) is 9.75. The van der Waals surface area contributed by atoms with Gasteiger partial charge in [0.25, 0.3) is 0 Å². The lowest BCUT2D eigenvalue weighted by Gasteiger charge is -2.34. The number of anilines is 2. The maximum absolute atomic E-state index is 11.5. The van der Waals surface area contributed by atoms with Crippen LogP contribution < -0.4 is 10.6 Å². The monoisotopic (exact) mass is 514 g/mol. The number of nitrogens with one attached hydrogen (secondary N) is 2. The van der Waals surface area contributed by atoms with Gasteiger partial charge in [-0.15, -0.1) is 0 Å². The van der Waals surface area contributed by atoms with E-state index < -0.39 is 24.0 Å². The summed E-state index contributed by atoms with van der Waals surface area (Å²) < 4.78 is 0. The highest BCUT2D eigenvalue weighted by atomic mass is 16.4. The average Bonchev–Trinajstić information content (AvgIpc) is 3.57. The van der Waals surface area contributed by atoms with E-state index in [0.717, 1.165) is 35.3 Å². The van der Waals surface area contributed by atoms with Gasteiger partial charge in [0.1, 0.15) is 12.1 Å². The van der Waals surface area contributed by atoms with Gasteiger partial charge in [-0.25, -0.2) is 9.59 Å². The molecule has 6 atom stereocenters. The standard InChI is InChI=1S/2C15H15NO3/c2*1-8(17)9-5-6-13-12(7-9)10-3-2-4-11(10)14(16-13)15(18)19/h2*2-3,5-7,10-11,14,16H,4H2,1H3,(H,18,19)/t2*10-,11+,14-/m10/s1. The Balaban J connectivity index is 0.000000155. The molecule has 2 aliphatic heterocycles. The molecule has 2 heterocycles. The lowest BCUT2D eigenvalue weighted by atomic mass is 9.79. The largest absolute Gasteiger partial charge is 0.480 e. The van der Waals surface area contributed by atoms with Crippen molar-refractivity contribution in [2.45, 2.75) is 50.6 Å². The number of fused-ring (bicyclic) bond motifs is 6. The Morgan fingerprint density at radius 1 is 0.684 bits per heavy atom. The van der Waals surface area contributed by atoms with Crippen molar-refractivity contribution in [3.05, 3.63) is 83.0 Å². The van der Waals surface area contributed by atoms with Crippen LogP contribution in [0.15, 0.2) is 60.7 Å². The van der Waals surface area contributed by atoms with E-state index in [4.69, 9.17) is 0 Å². The molecular weight excluding hydrogens is 484 g/mol. The Bertz CT molecular complexity index is 1290. The van der Waals surface area contributed by atoms with Gasteiger partial charge in [-0.2, -0.15) is 0 Å². The molecule has 0 bridgehead atoms. The lowest BCUT2D eigenvalue weighted by Crippen LogP contribution is -2.41. The van der Waals surface area contributed by atoms with Crippen LogP contribution in [0.2, 0.25) is 0 Å². The molecule has 0 spiro atoms. The Hall–Kier alpha value is -4.20. The first-order valence-corrected chi connectivity index (χ1v) is 12.8. The molecule has 8 nitrogen and oxygen atoms in total. The number of aliphatic carboxylic acids is 2. The third kappa shape index (κ3) is 4.51. The zero-order chi connectivity index (χ0) is 27.1. The lowest BCUT2D eigenvalue weighted by molar-refractivity contribution is -0.140. The Labute approximate surface area is 220 Å². The number of carbonyl (C=O) groups excluding carboxylic acids is 2. The second-order valence-corrected chi connectivity index (χ2v) is 10.3. The maximum atomic E-state index is 11.5. The van der Waals surface area contributed by atoms with Crippen LogP contribution in [0.3, 0.4) is 0 Å². The van der Waals surface area contributed by atoms with E-state index >= 15 is 0 Å². The number of hydrogen-bond acceptors (Lipinski definition) is 6. The van der Waals surface area contributed by atoms with Crippen LogP contribution in [0.25, 0.3) is 0 Å². The molecule has 0 aromatic heterocycles. The maximum Gasteiger partial charge on any atom is 0.326 e. The van der Waals surface area contributed by atoms with E-state index in [1.807, 2.05) is 36.4 Å². The topological polar surface area (TPSA) is 133 Å². The molecule has 0 fully saturated rings. The predicted octanol–water partition coefficient (Wildman–Crippen LogP) is 4.86. The summed E-state index contributed by atoms with van der Waals surface area (Å²) in [5.74, 6) is -1.32. The van der Waals surface area contributed by atoms with E-state index in [9.17, 15) is 29.4 Å². The molecule has 2 aromatic rings. The quantitative estimate of drug-likeness (QED) is 0.336. The summed E-state index contributed by atoms with van der Waals surface area (Å²) in [7, 11) is 0. The second-order valence-electron chi connectivity index (χ2n) is 10.3. The van der Waals surface area contributed by atoms with Crippen molar-refractivity contribution in [2.75, 3.05) is 10.6 Å². The van der Waals surface area contributed by atoms with Gasteiger partial charge in [0.15, 0.2) is 11.6 Å². The van der Waals surface area contributed by atoms with Crippen LogP contribution in [0.5, 0.6) is 0 Å². The minimum atomic E-state index is -0.819. The third-order valence-electron chi connectivity index (χ3n) is 8.07. The highest BCUT2D eigenvalue weighted by Gasteiger charge is 2.42. The summed E-state index contributed by atoms with van der Waals surface area (Å²) >= 11 is 0. The third-order valence-corrected chi connectivity index (χ3v) is 8.07. The van der Waals surface area contributed by atoms with Gasteiger partial charge in [0.05, 0.1) is 0 Å². The fourth-order valence-electron chi connectivity index (χ4n) is 6.12. The molecule has 0 radical (unpaired) electrons. The molecule has 0 saturated heterocycles. The number of allylic oxidation sites excluding steroid dienone is 4. The zero-order valence-corrected chi connectivity index (χ0v) is 21.2. The number of hydrogen-bond donors (Lipinski definition) is 4. The predicted molar refractivity (Wildman–Crippen MR) is 143 cm³/mol. The van der Waals surface area contributed by atoms with Crippen LogP contribution in [0.1, 0.15) is 70.4 Å². The van der Waals surface area contributed by atoms with Gasteiger partial charge >= 0.3 is 11.9 Å². The van der Waals surface area contributed by atoms with Crippen LogP contribution >= 0.6 is 0 Å². The van der Waals surface area contributed by atoms with Crippen LogP contribution in [-0.2, 0) is 9.59 Å². The van der Waals surface area contributed by atoms with Gasteiger partial charge in [0.2, 0.25) is 0 Å². The molecule has 4 N–H and O–H groups in total. The normalized spacial score (nSPS) is 27.3. The minimum Gasteiger partial charge on any atom is -0.480 e. The number of carboxylic acid groups (broad SMARTS) is 2. The molecule has 196 valence electrons. The van der Waals surface area contributed by atoms with Crippen molar-refractivity contribution >= 4 is 34.9 Å². The molecule has 0 saturated carbocycles. The van der Waals surface area contributed by atoms with E-state index in [2.05, 4.69) is 22.8 Å². The molecular formula is C30H30N2O6. The van der Waals surface area contributed by atoms with E-state index in [1.54, 1.807) is 26.0 Å². The van der Waals surface area contributed by atoms with Crippen LogP contribution in [-0.4, -0.2) is 45.8 Å². The summed E-state index contributed by atoms with van der Waals surface area (Å²) in [4.78, 5) is 45.6. The molecule has 8 heteroatoms. The van der Waals surface area contributed by atoms with Gasteiger partial charge in [-0.1, -0.05) is 24.3 Å². The van der Waals surface area contributed by atoms with Crippen molar-refractivity contribution in [2.24, 2.45) is 11.8 Å². The highest BCUT2D eigenvalue weighted by molar-refractivity contribution is 5.96. The van der Waals surface area contributed by atoms with E-state index in [1.165, 1.54) is 0 Å². The van der Waals surface area contributed by atoms with Gasteiger partial charge < -0.3 is 20.8 Å². The van der Waals surface area contributed by atoms with Gasteiger partial charge in [-0.3, -0.25) is 9.59 Å². The summed E-state index contributed by atoms with van der Waals surface area (Å²) in [5.41, 5.74) is 5.06. The van der Waals surface area contributed by atoms with Crippen LogP contribution in [0, 0.1) is 11.8 Å². The Morgan fingerprint density at radius 2 is 1.08 bits per heavy atom. The smallest absolute Gasteiger partial charge is 0.326 e. The molecule has 2 aliphatic carbocycles. The van der Waals surface area contributed by atoms with E-state index in [0.29, 0.717) is 11.1 Å². The Kier molecular flexibility index (Phi) is 6.65. The first-order chi connectivity index (χ1) is 18.2. The fraction of sp³-hybridized carbons (Fsp3) is 0.333. The molecule has 0 unspecified atom stereocenters. The summed E-state index contributed by atoms with van der Waals surface area (Å²) in [5, 5.41) is 24.8. The van der Waals surface area contributed by atoms with Crippen molar-refractivity contribution < 1.29 is 29.4 Å². The fourth-order valence-corrected chi connectivity index (χ4v) is 6.12. The minimum absolute atomic E-state index is 0.0293.